The summed E-state index contributed by atoms with van der Waals surface area (Å²) >= 11 is 0. The van der Waals surface area contributed by atoms with Crippen LogP contribution in [0.2, 0.25) is 0 Å². The van der Waals surface area contributed by atoms with Crippen LogP contribution in [0.1, 0.15) is 45.6 Å². The van der Waals surface area contributed by atoms with Gasteiger partial charge in [-0.15, -0.1) is 0 Å². The van der Waals surface area contributed by atoms with Crippen molar-refractivity contribution in [3.8, 4) is 5.75 Å². The summed E-state index contributed by atoms with van der Waals surface area (Å²) in [5, 5.41) is 3.43. The molecule has 106 valence electrons. The van der Waals surface area contributed by atoms with Crippen LogP contribution in [0.4, 0.5) is 0 Å². The molecule has 0 atom stereocenters. The normalized spacial score (nSPS) is 11.4. The summed E-state index contributed by atoms with van der Waals surface area (Å²) in [6.07, 6.45) is 7.68. The van der Waals surface area contributed by atoms with Gasteiger partial charge in [-0.1, -0.05) is 44.2 Å². The van der Waals surface area contributed by atoms with E-state index in [2.05, 4.69) is 31.3 Å². The molecule has 0 heterocycles. The Bertz CT molecular complexity index is 371. The Balaban J connectivity index is 2.19. The van der Waals surface area contributed by atoms with Crippen molar-refractivity contribution in [1.82, 2.24) is 5.32 Å². The summed E-state index contributed by atoms with van der Waals surface area (Å²) in [5.74, 6) is 0.987. The summed E-state index contributed by atoms with van der Waals surface area (Å²) in [4.78, 5) is 0. The van der Waals surface area contributed by atoms with Crippen molar-refractivity contribution in [2.45, 2.75) is 46.1 Å². The van der Waals surface area contributed by atoms with E-state index >= 15 is 0 Å². The van der Waals surface area contributed by atoms with Gasteiger partial charge in [0.05, 0.1) is 6.61 Å². The summed E-state index contributed by atoms with van der Waals surface area (Å²) in [5.41, 5.74) is 1.16. The second kappa shape index (κ2) is 9.62. The van der Waals surface area contributed by atoms with E-state index in [0.717, 1.165) is 30.9 Å². The summed E-state index contributed by atoms with van der Waals surface area (Å²) in [6, 6.07) is 8.77. The van der Waals surface area contributed by atoms with E-state index < -0.39 is 0 Å². The van der Waals surface area contributed by atoms with Gasteiger partial charge in [-0.3, -0.25) is 0 Å². The zero-order valence-corrected chi connectivity index (χ0v) is 12.5. The lowest BCUT2D eigenvalue weighted by molar-refractivity contribution is 0.304. The van der Waals surface area contributed by atoms with Gasteiger partial charge in [-0.05, 0) is 38.8 Å². The van der Waals surface area contributed by atoms with Crippen LogP contribution in [0, 0.1) is 0 Å². The third kappa shape index (κ3) is 7.02. The lowest BCUT2D eigenvalue weighted by atomic mass is 10.2. The molecule has 1 aromatic carbocycles. The van der Waals surface area contributed by atoms with E-state index in [0.29, 0.717) is 6.04 Å². The second-order valence-electron chi connectivity index (χ2n) is 5.06. The third-order valence-corrected chi connectivity index (χ3v) is 2.90. The molecule has 0 aromatic heterocycles. The first-order valence-corrected chi connectivity index (χ1v) is 7.32. The Hall–Kier alpha value is -1.28. The van der Waals surface area contributed by atoms with E-state index in [4.69, 9.17) is 4.74 Å². The number of unbranched alkanes of at least 4 members (excludes halogenated alkanes) is 2. The molecule has 0 fully saturated rings. The molecule has 0 aliphatic carbocycles. The first-order chi connectivity index (χ1) is 9.24. The standard InChI is InChI=1S/C17H27NO/c1-4-10-16-11-6-7-12-17(16)19-14-9-5-8-13-18-15(2)3/h4,6-7,10-12,15,18H,5,8-9,13-14H2,1-3H3. The zero-order valence-electron chi connectivity index (χ0n) is 12.5. The molecule has 0 unspecified atom stereocenters. The molecule has 0 aliphatic rings. The van der Waals surface area contributed by atoms with Gasteiger partial charge >= 0.3 is 0 Å². The van der Waals surface area contributed by atoms with Gasteiger partial charge in [0.2, 0.25) is 0 Å². The lowest BCUT2D eigenvalue weighted by Crippen LogP contribution is -2.23. The van der Waals surface area contributed by atoms with Crippen molar-refractivity contribution in [3.63, 3.8) is 0 Å². The number of nitrogens with one attached hydrogen (secondary N) is 1. The van der Waals surface area contributed by atoms with Crippen molar-refractivity contribution < 1.29 is 4.74 Å². The maximum Gasteiger partial charge on any atom is 0.126 e. The number of ether oxygens (including phenoxy) is 1. The van der Waals surface area contributed by atoms with E-state index in [1.807, 2.05) is 31.2 Å². The van der Waals surface area contributed by atoms with Crippen molar-refractivity contribution in [1.29, 1.82) is 0 Å². The van der Waals surface area contributed by atoms with Crippen LogP contribution in [0.15, 0.2) is 30.3 Å². The minimum absolute atomic E-state index is 0.587. The number of allylic oxidation sites excluding steroid dienone is 1. The van der Waals surface area contributed by atoms with Crippen LogP contribution in [0.5, 0.6) is 5.75 Å². The SMILES string of the molecule is CC=Cc1ccccc1OCCCCCNC(C)C. The van der Waals surface area contributed by atoms with Crippen molar-refractivity contribution >= 4 is 6.08 Å². The minimum Gasteiger partial charge on any atom is -0.493 e. The molecule has 0 saturated carbocycles. The van der Waals surface area contributed by atoms with Gasteiger partial charge < -0.3 is 10.1 Å². The van der Waals surface area contributed by atoms with Gasteiger partial charge in [-0.2, -0.15) is 0 Å². The summed E-state index contributed by atoms with van der Waals surface area (Å²) in [7, 11) is 0. The van der Waals surface area contributed by atoms with Gasteiger partial charge in [0.25, 0.3) is 0 Å². The Kier molecular flexibility index (Phi) is 7.99. The lowest BCUT2D eigenvalue weighted by Gasteiger charge is -2.10. The quantitative estimate of drug-likeness (QED) is 0.670. The van der Waals surface area contributed by atoms with Crippen molar-refractivity contribution in [2.75, 3.05) is 13.2 Å². The Morgan fingerprint density at radius 1 is 1.16 bits per heavy atom. The fourth-order valence-corrected chi connectivity index (χ4v) is 1.91. The van der Waals surface area contributed by atoms with Gasteiger partial charge in [-0.25, -0.2) is 0 Å². The van der Waals surface area contributed by atoms with Gasteiger partial charge in [0.15, 0.2) is 0 Å². The highest BCUT2D eigenvalue weighted by Crippen LogP contribution is 2.19. The number of para-hydroxylation sites is 1. The maximum absolute atomic E-state index is 5.85. The summed E-state index contributed by atoms with van der Waals surface area (Å²) in [6.45, 7) is 8.30. The molecule has 0 saturated heterocycles. The minimum atomic E-state index is 0.587. The smallest absolute Gasteiger partial charge is 0.126 e. The molecule has 0 bridgehead atoms. The Labute approximate surface area is 117 Å². The van der Waals surface area contributed by atoms with Crippen LogP contribution in [0.25, 0.3) is 6.08 Å². The first kappa shape index (κ1) is 15.8. The predicted molar refractivity (Wildman–Crippen MR) is 83.6 cm³/mol. The number of rotatable bonds is 9. The molecule has 2 heteroatoms. The highest BCUT2D eigenvalue weighted by molar-refractivity contribution is 5.56. The topological polar surface area (TPSA) is 21.3 Å². The van der Waals surface area contributed by atoms with Crippen molar-refractivity contribution in [2.24, 2.45) is 0 Å². The number of hydrogen-bond donors (Lipinski definition) is 1. The van der Waals surface area contributed by atoms with Gasteiger partial charge in [0.1, 0.15) is 5.75 Å². The fourth-order valence-electron chi connectivity index (χ4n) is 1.91. The zero-order chi connectivity index (χ0) is 13.9. The summed E-state index contributed by atoms with van der Waals surface area (Å²) < 4.78 is 5.85. The molecular weight excluding hydrogens is 234 g/mol. The number of benzene rings is 1. The monoisotopic (exact) mass is 261 g/mol. The Morgan fingerprint density at radius 3 is 2.68 bits per heavy atom. The third-order valence-electron chi connectivity index (χ3n) is 2.90. The van der Waals surface area contributed by atoms with Gasteiger partial charge in [0, 0.05) is 11.6 Å². The molecule has 1 N–H and O–H groups in total. The molecule has 2 nitrogen and oxygen atoms in total. The second-order valence-corrected chi connectivity index (χ2v) is 5.06. The average Bonchev–Trinajstić information content (AvgIpc) is 2.39. The van der Waals surface area contributed by atoms with Crippen LogP contribution in [0.3, 0.4) is 0 Å². The highest BCUT2D eigenvalue weighted by atomic mass is 16.5. The van der Waals surface area contributed by atoms with Crippen LogP contribution in [-0.4, -0.2) is 19.2 Å². The van der Waals surface area contributed by atoms with Crippen LogP contribution < -0.4 is 10.1 Å². The molecule has 0 spiro atoms. The van der Waals surface area contributed by atoms with Crippen LogP contribution >= 0.6 is 0 Å². The first-order valence-electron chi connectivity index (χ1n) is 7.32. The molecule has 1 aromatic rings. The predicted octanol–water partition coefficient (Wildman–Crippen LogP) is 4.27. The van der Waals surface area contributed by atoms with E-state index in [9.17, 15) is 0 Å². The molecular formula is C17H27NO. The average molecular weight is 261 g/mol. The van der Waals surface area contributed by atoms with Crippen molar-refractivity contribution in [3.05, 3.63) is 35.9 Å². The van der Waals surface area contributed by atoms with E-state index in [1.54, 1.807) is 0 Å². The molecule has 0 radical (unpaired) electrons. The number of hydrogen-bond acceptors (Lipinski definition) is 2. The largest absolute Gasteiger partial charge is 0.493 e. The van der Waals surface area contributed by atoms with Crippen LogP contribution in [-0.2, 0) is 0 Å². The fraction of sp³-hybridized carbons (Fsp3) is 0.529. The molecule has 0 aliphatic heterocycles. The molecule has 19 heavy (non-hydrogen) atoms. The van der Waals surface area contributed by atoms with E-state index in [-0.39, 0.29) is 0 Å². The highest BCUT2D eigenvalue weighted by Gasteiger charge is 1.99. The van der Waals surface area contributed by atoms with E-state index in [1.165, 1.54) is 12.8 Å². The Morgan fingerprint density at radius 2 is 1.95 bits per heavy atom. The maximum atomic E-state index is 5.85. The molecule has 1 rings (SSSR count). The molecule has 0 amide bonds.